The Kier molecular flexibility index (Phi) is 8.64. The van der Waals surface area contributed by atoms with Gasteiger partial charge in [-0.15, -0.1) is 0 Å². The van der Waals surface area contributed by atoms with Gasteiger partial charge in [-0.1, -0.05) is 53.7 Å². The molecule has 1 aromatic heterocycles. The summed E-state index contributed by atoms with van der Waals surface area (Å²) in [5.74, 6) is 0.690. The van der Waals surface area contributed by atoms with Gasteiger partial charge in [0, 0.05) is 22.0 Å². The summed E-state index contributed by atoms with van der Waals surface area (Å²) in [6.45, 7) is 0.772. The van der Waals surface area contributed by atoms with Gasteiger partial charge in [-0.05, 0) is 63.5 Å². The molecular weight excluding hydrogens is 496 g/mol. The van der Waals surface area contributed by atoms with Gasteiger partial charge in [0.2, 0.25) is 0 Å². The first kappa shape index (κ1) is 25.8. The lowest BCUT2D eigenvalue weighted by molar-refractivity contribution is -0.118. The van der Waals surface area contributed by atoms with Crippen molar-refractivity contribution < 1.29 is 14.3 Å². The average Bonchev–Trinajstić information content (AvgIpc) is 3.28. The number of carbonyl (C=O) groups excluding carboxylic acids is 2. The lowest BCUT2D eigenvalue weighted by atomic mass is 10.0. The van der Waals surface area contributed by atoms with Crippen molar-refractivity contribution in [3.63, 3.8) is 0 Å². The third-order valence-corrected chi connectivity index (χ3v) is 6.51. The van der Waals surface area contributed by atoms with Crippen LogP contribution in [0.15, 0.2) is 71.9 Å². The predicted molar refractivity (Wildman–Crippen MR) is 145 cm³/mol. The predicted octanol–water partition coefficient (Wildman–Crippen LogP) is 5.51. The number of imidazole rings is 1. The van der Waals surface area contributed by atoms with Crippen molar-refractivity contribution in [3.8, 4) is 5.75 Å². The Bertz CT molecular complexity index is 1360. The van der Waals surface area contributed by atoms with Crippen LogP contribution in [0.1, 0.15) is 22.3 Å². The van der Waals surface area contributed by atoms with E-state index in [1.165, 1.54) is 0 Å². The summed E-state index contributed by atoms with van der Waals surface area (Å²) in [6.07, 6.45) is 1.07. The number of aromatic nitrogens is 2. The summed E-state index contributed by atoms with van der Waals surface area (Å²) >= 11 is 7.80. The van der Waals surface area contributed by atoms with Gasteiger partial charge in [0.05, 0.1) is 16.6 Å². The maximum absolute atomic E-state index is 12.9. The third kappa shape index (κ3) is 6.87. The molecule has 0 aliphatic rings. The molecule has 1 amide bonds. The number of carbonyl (C=O) groups is 2. The van der Waals surface area contributed by atoms with Crippen LogP contribution in [0.2, 0.25) is 5.02 Å². The maximum Gasteiger partial charge on any atom is 0.262 e. The molecule has 0 atom stereocenters. The zero-order valence-electron chi connectivity index (χ0n) is 20.1. The van der Waals surface area contributed by atoms with Gasteiger partial charge < -0.3 is 19.9 Å². The monoisotopic (exact) mass is 522 g/mol. The van der Waals surface area contributed by atoms with Gasteiger partial charge in [-0.2, -0.15) is 0 Å². The number of thioether (sulfide) groups is 1. The molecule has 0 fully saturated rings. The molecule has 3 aromatic carbocycles. The number of rotatable bonds is 11. The van der Waals surface area contributed by atoms with Gasteiger partial charge in [0.1, 0.15) is 5.75 Å². The fourth-order valence-corrected chi connectivity index (χ4v) is 4.56. The molecule has 0 aliphatic heterocycles. The Hall–Kier alpha value is -3.33. The van der Waals surface area contributed by atoms with Crippen LogP contribution in [0.4, 0.5) is 5.69 Å². The molecule has 186 valence electrons. The number of benzene rings is 3. The molecule has 2 N–H and O–H groups in total. The molecule has 0 saturated heterocycles. The van der Waals surface area contributed by atoms with E-state index in [1.807, 2.05) is 18.2 Å². The van der Waals surface area contributed by atoms with Crippen LogP contribution in [0, 0.1) is 0 Å². The van der Waals surface area contributed by atoms with Crippen LogP contribution in [0.3, 0.4) is 0 Å². The first-order chi connectivity index (χ1) is 17.4. The van der Waals surface area contributed by atoms with E-state index in [0.717, 1.165) is 34.9 Å². The highest BCUT2D eigenvalue weighted by molar-refractivity contribution is 7.99. The topological polar surface area (TPSA) is 87.3 Å². The van der Waals surface area contributed by atoms with Crippen molar-refractivity contribution in [1.82, 2.24) is 14.9 Å². The van der Waals surface area contributed by atoms with E-state index in [2.05, 4.69) is 34.3 Å². The second-order valence-corrected chi connectivity index (χ2v) is 9.97. The minimum absolute atomic E-state index is 0.228. The third-order valence-electron chi connectivity index (χ3n) is 5.31. The van der Waals surface area contributed by atoms with Crippen LogP contribution in [0.5, 0.6) is 5.75 Å². The highest BCUT2D eigenvalue weighted by atomic mass is 35.5. The molecule has 36 heavy (non-hydrogen) atoms. The number of ketones is 1. The normalized spacial score (nSPS) is 11.1. The van der Waals surface area contributed by atoms with Gasteiger partial charge in [0.15, 0.2) is 17.5 Å². The molecule has 0 saturated carbocycles. The maximum atomic E-state index is 12.9. The van der Waals surface area contributed by atoms with Crippen molar-refractivity contribution >= 4 is 51.8 Å². The Labute approximate surface area is 219 Å². The van der Waals surface area contributed by atoms with Crippen LogP contribution >= 0.6 is 23.4 Å². The summed E-state index contributed by atoms with van der Waals surface area (Å²) in [6, 6.07) is 19.1. The van der Waals surface area contributed by atoms with E-state index in [-0.39, 0.29) is 18.3 Å². The molecule has 0 bridgehead atoms. The number of nitrogens with one attached hydrogen (secondary N) is 2. The number of anilines is 1. The molecule has 0 unspecified atom stereocenters. The molecule has 1 heterocycles. The van der Waals surface area contributed by atoms with Crippen molar-refractivity contribution in [2.75, 3.05) is 38.3 Å². The number of aromatic amines is 1. The van der Waals surface area contributed by atoms with E-state index in [1.54, 1.807) is 60.3 Å². The van der Waals surface area contributed by atoms with Crippen LogP contribution < -0.4 is 10.1 Å². The van der Waals surface area contributed by atoms with Crippen molar-refractivity contribution in [1.29, 1.82) is 0 Å². The number of amides is 1. The highest BCUT2D eigenvalue weighted by Crippen LogP contribution is 2.26. The van der Waals surface area contributed by atoms with Crippen LogP contribution in [0.25, 0.3) is 11.0 Å². The Morgan fingerprint density at radius 1 is 1.08 bits per heavy atom. The Morgan fingerprint density at radius 2 is 1.89 bits per heavy atom. The Balaban J connectivity index is 1.37. The second kappa shape index (κ2) is 12.1. The summed E-state index contributed by atoms with van der Waals surface area (Å²) in [5.41, 5.74) is 3.12. The van der Waals surface area contributed by atoms with Crippen LogP contribution in [-0.4, -0.2) is 59.6 Å². The lowest BCUT2D eigenvalue weighted by Gasteiger charge is -2.12. The first-order valence-electron chi connectivity index (χ1n) is 11.5. The number of hydrogen-bond acceptors (Lipinski definition) is 6. The molecule has 0 spiro atoms. The standard InChI is InChI=1S/C27H27ClN4O3S/c1-32(2)13-6-14-36-27-30-22-11-10-20(16-23(22)31-27)29-25(33)17-35-24-12-9-19(28)15-21(24)26(34)18-7-4-3-5-8-18/h3-5,7-12,15-16H,6,13-14,17H2,1-2H3,(H,29,33)(H,30,31). The number of fused-ring (bicyclic) bond motifs is 1. The number of nitrogens with zero attached hydrogens (tertiary/aromatic N) is 2. The fraction of sp³-hybridized carbons (Fsp3) is 0.222. The van der Waals surface area contributed by atoms with Gasteiger partial charge in [0.25, 0.3) is 5.91 Å². The quantitative estimate of drug-likeness (QED) is 0.153. The molecule has 0 radical (unpaired) electrons. The average molecular weight is 523 g/mol. The summed E-state index contributed by atoms with van der Waals surface area (Å²) in [7, 11) is 4.12. The van der Waals surface area contributed by atoms with E-state index in [4.69, 9.17) is 16.3 Å². The number of ether oxygens (including phenoxy) is 1. The minimum Gasteiger partial charge on any atom is -0.483 e. The van der Waals surface area contributed by atoms with Crippen LogP contribution in [-0.2, 0) is 4.79 Å². The number of H-pyrrole nitrogens is 1. The second-order valence-electron chi connectivity index (χ2n) is 8.45. The zero-order chi connectivity index (χ0) is 25.5. The Morgan fingerprint density at radius 3 is 2.67 bits per heavy atom. The fourth-order valence-electron chi connectivity index (χ4n) is 3.57. The van der Waals surface area contributed by atoms with E-state index in [9.17, 15) is 9.59 Å². The largest absolute Gasteiger partial charge is 0.483 e. The smallest absolute Gasteiger partial charge is 0.262 e. The first-order valence-corrected chi connectivity index (χ1v) is 12.8. The van der Waals surface area contributed by atoms with Crippen molar-refractivity contribution in [2.24, 2.45) is 0 Å². The minimum atomic E-state index is -0.347. The SMILES string of the molecule is CN(C)CCCSc1nc2ccc(NC(=O)COc3ccc(Cl)cc3C(=O)c3ccccc3)cc2[nH]1. The zero-order valence-corrected chi connectivity index (χ0v) is 21.7. The van der Waals surface area contributed by atoms with Crippen molar-refractivity contribution in [2.45, 2.75) is 11.6 Å². The molecular formula is C27H27ClN4O3S. The molecule has 4 aromatic rings. The summed E-state index contributed by atoms with van der Waals surface area (Å²) < 4.78 is 5.71. The number of hydrogen-bond donors (Lipinski definition) is 2. The summed E-state index contributed by atoms with van der Waals surface area (Å²) in [5, 5.41) is 4.10. The molecule has 0 aliphatic carbocycles. The molecule has 4 rings (SSSR count). The van der Waals surface area contributed by atoms with Crippen molar-refractivity contribution in [3.05, 3.63) is 82.9 Å². The van der Waals surface area contributed by atoms with E-state index < -0.39 is 0 Å². The van der Waals surface area contributed by atoms with Gasteiger partial charge in [-0.25, -0.2) is 4.98 Å². The lowest BCUT2D eigenvalue weighted by Crippen LogP contribution is -2.21. The number of halogens is 1. The van der Waals surface area contributed by atoms with E-state index >= 15 is 0 Å². The van der Waals surface area contributed by atoms with Gasteiger partial charge in [-0.3, -0.25) is 9.59 Å². The van der Waals surface area contributed by atoms with Gasteiger partial charge >= 0.3 is 0 Å². The highest BCUT2D eigenvalue weighted by Gasteiger charge is 2.16. The molecule has 9 heteroatoms. The molecule has 7 nitrogen and oxygen atoms in total. The summed E-state index contributed by atoms with van der Waals surface area (Å²) in [4.78, 5) is 35.6. The van der Waals surface area contributed by atoms with E-state index in [0.29, 0.717) is 27.6 Å².